The minimum Gasteiger partial charge on any atom is -0.0660 e. The third kappa shape index (κ3) is 2.21. The van der Waals surface area contributed by atoms with Crippen LogP contribution in [0.5, 0.6) is 0 Å². The van der Waals surface area contributed by atoms with Crippen LogP contribution in [0, 0.1) is 0 Å². The molecule has 16 heavy (non-hydrogen) atoms. The van der Waals surface area contributed by atoms with E-state index in [1.54, 1.807) is 11.1 Å². The number of allylic oxidation sites excluding steroid dienone is 2. The van der Waals surface area contributed by atoms with Crippen LogP contribution in [-0.4, -0.2) is 0 Å². The molecule has 0 unspecified atom stereocenters. The Morgan fingerprint density at radius 2 is 1.94 bits per heavy atom. The number of hydrogen-bond acceptors (Lipinski definition) is 0. The molecule has 1 aliphatic carbocycles. The SMILES string of the molecule is CCc1ccc(C(C)C)c(C(C)=C2CC2)c1. The van der Waals surface area contributed by atoms with Crippen molar-refractivity contribution < 1.29 is 0 Å². The standard InChI is InChI=1S/C16H22/c1-5-13-6-9-15(11(2)3)16(10-13)12(4)14-7-8-14/h6,9-11H,5,7-8H2,1-4H3. The van der Waals surface area contributed by atoms with Crippen molar-refractivity contribution in [2.75, 3.05) is 0 Å². The topological polar surface area (TPSA) is 0 Å². The summed E-state index contributed by atoms with van der Waals surface area (Å²) in [6.07, 6.45) is 3.77. The molecule has 0 nitrogen and oxygen atoms in total. The molecule has 2 rings (SSSR count). The molecule has 1 fully saturated rings. The van der Waals surface area contributed by atoms with Gasteiger partial charge in [0.15, 0.2) is 0 Å². The third-order valence-electron chi connectivity index (χ3n) is 3.58. The van der Waals surface area contributed by atoms with Crippen molar-refractivity contribution in [3.05, 3.63) is 40.5 Å². The lowest BCUT2D eigenvalue weighted by Gasteiger charge is -2.15. The lowest BCUT2D eigenvalue weighted by Crippen LogP contribution is -1.96. The van der Waals surface area contributed by atoms with Gasteiger partial charge in [-0.15, -0.1) is 0 Å². The molecule has 0 heterocycles. The van der Waals surface area contributed by atoms with Crippen LogP contribution in [-0.2, 0) is 6.42 Å². The van der Waals surface area contributed by atoms with Crippen molar-refractivity contribution in [2.24, 2.45) is 0 Å². The lowest BCUT2D eigenvalue weighted by atomic mass is 9.90. The summed E-state index contributed by atoms with van der Waals surface area (Å²) in [5.41, 5.74) is 7.67. The van der Waals surface area contributed by atoms with Gasteiger partial charge in [-0.2, -0.15) is 0 Å². The lowest BCUT2D eigenvalue weighted by molar-refractivity contribution is 0.860. The molecule has 0 radical (unpaired) electrons. The van der Waals surface area contributed by atoms with Gasteiger partial charge in [0.05, 0.1) is 0 Å². The smallest absolute Gasteiger partial charge is 0.0190 e. The van der Waals surface area contributed by atoms with E-state index in [2.05, 4.69) is 45.9 Å². The average Bonchev–Trinajstić information content (AvgIpc) is 3.11. The third-order valence-corrected chi connectivity index (χ3v) is 3.58. The van der Waals surface area contributed by atoms with Crippen LogP contribution >= 0.6 is 0 Å². The Hall–Kier alpha value is -1.04. The zero-order chi connectivity index (χ0) is 11.7. The monoisotopic (exact) mass is 214 g/mol. The summed E-state index contributed by atoms with van der Waals surface area (Å²) in [4.78, 5) is 0. The first-order chi connectivity index (χ1) is 7.63. The molecule has 1 aromatic rings. The van der Waals surface area contributed by atoms with Crippen molar-refractivity contribution in [3.8, 4) is 0 Å². The van der Waals surface area contributed by atoms with Gasteiger partial charge in [0.2, 0.25) is 0 Å². The highest BCUT2D eigenvalue weighted by Gasteiger charge is 2.18. The van der Waals surface area contributed by atoms with Crippen molar-refractivity contribution in [3.63, 3.8) is 0 Å². The molecule has 0 bridgehead atoms. The highest BCUT2D eigenvalue weighted by Crippen LogP contribution is 2.38. The van der Waals surface area contributed by atoms with Gasteiger partial charge in [0.25, 0.3) is 0 Å². The van der Waals surface area contributed by atoms with E-state index in [4.69, 9.17) is 0 Å². The first-order valence-electron chi connectivity index (χ1n) is 6.45. The van der Waals surface area contributed by atoms with Gasteiger partial charge < -0.3 is 0 Å². The molecule has 0 amide bonds. The number of hydrogen-bond donors (Lipinski definition) is 0. The van der Waals surface area contributed by atoms with E-state index >= 15 is 0 Å². The molecule has 1 saturated carbocycles. The van der Waals surface area contributed by atoms with Crippen LogP contribution in [0.25, 0.3) is 5.57 Å². The summed E-state index contributed by atoms with van der Waals surface area (Å²) in [7, 11) is 0. The van der Waals surface area contributed by atoms with E-state index < -0.39 is 0 Å². The summed E-state index contributed by atoms with van der Waals surface area (Å²) in [6.45, 7) is 9.10. The summed E-state index contributed by atoms with van der Waals surface area (Å²) in [5, 5.41) is 0. The number of aryl methyl sites for hydroxylation is 1. The fraction of sp³-hybridized carbons (Fsp3) is 0.500. The number of rotatable bonds is 3. The quantitative estimate of drug-likeness (QED) is 0.668. The fourth-order valence-corrected chi connectivity index (χ4v) is 2.28. The van der Waals surface area contributed by atoms with Gasteiger partial charge in [-0.05, 0) is 54.4 Å². The predicted octanol–water partition coefficient (Wildman–Crippen LogP) is 4.94. The highest BCUT2D eigenvalue weighted by atomic mass is 14.2. The first-order valence-corrected chi connectivity index (χ1v) is 6.45. The Balaban J connectivity index is 2.50. The van der Waals surface area contributed by atoms with Crippen LogP contribution in [0.3, 0.4) is 0 Å². The molecule has 0 N–H and O–H groups in total. The van der Waals surface area contributed by atoms with Crippen molar-refractivity contribution >= 4 is 5.57 Å². The average molecular weight is 214 g/mol. The second-order valence-electron chi connectivity index (χ2n) is 5.16. The minimum absolute atomic E-state index is 0.621. The van der Waals surface area contributed by atoms with Crippen LogP contribution in [0.4, 0.5) is 0 Å². The molecule has 1 aliphatic rings. The van der Waals surface area contributed by atoms with Gasteiger partial charge in [-0.3, -0.25) is 0 Å². The van der Waals surface area contributed by atoms with E-state index in [0.29, 0.717) is 5.92 Å². The largest absolute Gasteiger partial charge is 0.0660 e. The van der Waals surface area contributed by atoms with Gasteiger partial charge in [0.1, 0.15) is 0 Å². The maximum atomic E-state index is 2.40. The number of benzene rings is 1. The maximum absolute atomic E-state index is 2.40. The Bertz CT molecular complexity index is 416. The molecule has 0 aliphatic heterocycles. The first kappa shape index (κ1) is 11.4. The summed E-state index contributed by atoms with van der Waals surface area (Å²) in [6, 6.07) is 7.00. The van der Waals surface area contributed by atoms with Gasteiger partial charge in [-0.25, -0.2) is 0 Å². The second-order valence-corrected chi connectivity index (χ2v) is 5.16. The highest BCUT2D eigenvalue weighted by molar-refractivity contribution is 5.72. The van der Waals surface area contributed by atoms with Crippen LogP contribution in [0.1, 0.15) is 63.1 Å². The molecule has 0 spiro atoms. The molecule has 0 saturated heterocycles. The van der Waals surface area contributed by atoms with E-state index in [9.17, 15) is 0 Å². The Kier molecular flexibility index (Phi) is 3.18. The van der Waals surface area contributed by atoms with Crippen LogP contribution in [0.2, 0.25) is 0 Å². The predicted molar refractivity (Wildman–Crippen MR) is 71.7 cm³/mol. The second kappa shape index (κ2) is 4.45. The van der Waals surface area contributed by atoms with Gasteiger partial charge in [-0.1, -0.05) is 44.5 Å². The van der Waals surface area contributed by atoms with E-state index in [1.165, 1.54) is 29.5 Å². The molecular formula is C16H22. The molecule has 86 valence electrons. The van der Waals surface area contributed by atoms with E-state index in [1.807, 2.05) is 0 Å². The van der Waals surface area contributed by atoms with Gasteiger partial charge >= 0.3 is 0 Å². The summed E-state index contributed by atoms with van der Waals surface area (Å²) >= 11 is 0. The van der Waals surface area contributed by atoms with E-state index in [-0.39, 0.29) is 0 Å². The summed E-state index contributed by atoms with van der Waals surface area (Å²) < 4.78 is 0. The summed E-state index contributed by atoms with van der Waals surface area (Å²) in [5.74, 6) is 0.621. The Morgan fingerprint density at radius 1 is 1.25 bits per heavy atom. The van der Waals surface area contributed by atoms with Gasteiger partial charge in [0, 0.05) is 0 Å². The fourth-order valence-electron chi connectivity index (χ4n) is 2.28. The Morgan fingerprint density at radius 3 is 2.44 bits per heavy atom. The zero-order valence-electron chi connectivity index (χ0n) is 10.9. The van der Waals surface area contributed by atoms with Crippen LogP contribution in [0.15, 0.2) is 23.8 Å². The van der Waals surface area contributed by atoms with Crippen LogP contribution < -0.4 is 0 Å². The normalized spacial score (nSPS) is 14.4. The maximum Gasteiger partial charge on any atom is -0.0190 e. The molecule has 0 heteroatoms. The zero-order valence-corrected chi connectivity index (χ0v) is 10.9. The molecular weight excluding hydrogens is 192 g/mol. The molecule has 0 aromatic heterocycles. The Labute approximate surface area is 99.4 Å². The molecule has 1 aromatic carbocycles. The minimum atomic E-state index is 0.621. The molecule has 0 atom stereocenters. The van der Waals surface area contributed by atoms with Crippen molar-refractivity contribution in [2.45, 2.75) is 52.9 Å². The van der Waals surface area contributed by atoms with Crippen molar-refractivity contribution in [1.29, 1.82) is 0 Å². The van der Waals surface area contributed by atoms with Crippen molar-refractivity contribution in [1.82, 2.24) is 0 Å². The van der Waals surface area contributed by atoms with E-state index in [0.717, 1.165) is 6.42 Å².